The highest BCUT2D eigenvalue weighted by Crippen LogP contribution is 2.19. The number of aryl methyl sites for hydroxylation is 1. The van der Waals surface area contributed by atoms with Crippen molar-refractivity contribution >= 4 is 11.8 Å². The topological polar surface area (TPSA) is 78.9 Å². The fraction of sp³-hybridized carbons (Fsp3) is 0.545. The first-order valence-electron chi connectivity index (χ1n) is 5.54. The molecule has 0 unspecified atom stereocenters. The van der Waals surface area contributed by atoms with Crippen LogP contribution in [-0.4, -0.2) is 28.9 Å². The molecule has 2 heterocycles. The third-order valence-corrected chi connectivity index (χ3v) is 2.98. The molecule has 86 valence electrons. The number of hydrogen-bond donors (Lipinski definition) is 2. The first-order valence-corrected chi connectivity index (χ1v) is 5.54. The van der Waals surface area contributed by atoms with Gasteiger partial charge in [-0.05, 0) is 25.3 Å². The van der Waals surface area contributed by atoms with E-state index in [9.17, 15) is 0 Å². The molecule has 16 heavy (non-hydrogen) atoms. The Bertz CT molecular complexity index is 364. The van der Waals surface area contributed by atoms with Crippen LogP contribution >= 0.6 is 0 Å². The second-order valence-corrected chi connectivity index (χ2v) is 4.28. The predicted molar refractivity (Wildman–Crippen MR) is 63.6 cm³/mol. The van der Waals surface area contributed by atoms with Gasteiger partial charge in [-0.15, -0.1) is 0 Å². The van der Waals surface area contributed by atoms with E-state index in [4.69, 9.17) is 11.1 Å². The number of aromatic nitrogens is 2. The number of piperidine rings is 1. The highest BCUT2D eigenvalue weighted by atomic mass is 15.2. The van der Waals surface area contributed by atoms with E-state index in [1.165, 1.54) is 0 Å². The molecule has 0 radical (unpaired) electrons. The normalized spacial score (nSPS) is 17.4. The van der Waals surface area contributed by atoms with Gasteiger partial charge in [0.25, 0.3) is 0 Å². The van der Waals surface area contributed by atoms with Gasteiger partial charge in [0, 0.05) is 31.4 Å². The average molecular weight is 219 g/mol. The molecule has 1 fully saturated rings. The van der Waals surface area contributed by atoms with Crippen LogP contribution in [0.1, 0.15) is 18.4 Å². The first-order chi connectivity index (χ1) is 7.66. The highest BCUT2D eigenvalue weighted by molar-refractivity contribution is 5.79. The summed E-state index contributed by atoms with van der Waals surface area (Å²) in [7, 11) is 0. The number of nitrogens with two attached hydrogens (primary N) is 1. The quantitative estimate of drug-likeness (QED) is 0.573. The molecule has 1 aliphatic heterocycles. The fourth-order valence-corrected chi connectivity index (χ4v) is 1.94. The van der Waals surface area contributed by atoms with Crippen molar-refractivity contribution in [1.29, 1.82) is 5.41 Å². The molecule has 0 aromatic carbocycles. The number of rotatable bonds is 2. The summed E-state index contributed by atoms with van der Waals surface area (Å²) in [5.74, 6) is 1.33. The maximum absolute atomic E-state index is 7.42. The molecule has 0 aliphatic carbocycles. The van der Waals surface area contributed by atoms with Crippen molar-refractivity contribution in [1.82, 2.24) is 9.97 Å². The Morgan fingerprint density at radius 2 is 1.94 bits per heavy atom. The van der Waals surface area contributed by atoms with Crippen LogP contribution in [0, 0.1) is 18.3 Å². The number of anilines is 1. The Hall–Kier alpha value is -1.65. The fourth-order valence-electron chi connectivity index (χ4n) is 1.94. The van der Waals surface area contributed by atoms with Gasteiger partial charge in [-0.25, -0.2) is 9.97 Å². The van der Waals surface area contributed by atoms with E-state index in [1.807, 2.05) is 19.3 Å². The highest BCUT2D eigenvalue weighted by Gasteiger charge is 2.22. The van der Waals surface area contributed by atoms with E-state index in [-0.39, 0.29) is 5.92 Å². The minimum atomic E-state index is 0.238. The number of nitrogens with zero attached hydrogens (tertiary/aromatic N) is 3. The summed E-state index contributed by atoms with van der Waals surface area (Å²) in [5.41, 5.74) is 6.58. The van der Waals surface area contributed by atoms with E-state index in [0.717, 1.165) is 37.4 Å². The summed E-state index contributed by atoms with van der Waals surface area (Å²) in [6, 6.07) is 0. The molecule has 5 heteroatoms. The van der Waals surface area contributed by atoms with Gasteiger partial charge < -0.3 is 10.6 Å². The Morgan fingerprint density at radius 1 is 1.38 bits per heavy atom. The van der Waals surface area contributed by atoms with Gasteiger partial charge in [-0.1, -0.05) is 0 Å². The van der Waals surface area contributed by atoms with Gasteiger partial charge >= 0.3 is 0 Å². The van der Waals surface area contributed by atoms with Gasteiger partial charge in [0.2, 0.25) is 5.95 Å². The monoisotopic (exact) mass is 219 g/mol. The van der Waals surface area contributed by atoms with Crippen LogP contribution < -0.4 is 10.6 Å². The Morgan fingerprint density at radius 3 is 2.44 bits per heavy atom. The molecule has 0 spiro atoms. The Labute approximate surface area is 95.2 Å². The van der Waals surface area contributed by atoms with E-state index in [2.05, 4.69) is 14.9 Å². The molecule has 0 saturated carbocycles. The van der Waals surface area contributed by atoms with E-state index >= 15 is 0 Å². The third-order valence-electron chi connectivity index (χ3n) is 2.98. The van der Waals surface area contributed by atoms with Crippen molar-refractivity contribution in [3.63, 3.8) is 0 Å². The lowest BCUT2D eigenvalue weighted by molar-refractivity contribution is 0.492. The van der Waals surface area contributed by atoms with Gasteiger partial charge in [-0.2, -0.15) is 0 Å². The van der Waals surface area contributed by atoms with Crippen molar-refractivity contribution in [2.75, 3.05) is 18.0 Å². The molecule has 0 atom stereocenters. The molecule has 1 aliphatic rings. The van der Waals surface area contributed by atoms with Gasteiger partial charge in [0.05, 0.1) is 5.84 Å². The molecule has 5 nitrogen and oxygen atoms in total. The lowest BCUT2D eigenvalue weighted by atomic mass is 9.96. The second-order valence-electron chi connectivity index (χ2n) is 4.28. The van der Waals surface area contributed by atoms with Crippen molar-refractivity contribution in [2.45, 2.75) is 19.8 Å². The van der Waals surface area contributed by atoms with Crippen LogP contribution in [0.3, 0.4) is 0 Å². The van der Waals surface area contributed by atoms with E-state index in [0.29, 0.717) is 5.84 Å². The molecule has 1 aromatic heterocycles. The maximum Gasteiger partial charge on any atom is 0.225 e. The molecular formula is C11H17N5. The van der Waals surface area contributed by atoms with Crippen molar-refractivity contribution in [3.05, 3.63) is 18.0 Å². The van der Waals surface area contributed by atoms with Crippen molar-refractivity contribution in [2.24, 2.45) is 11.7 Å². The predicted octanol–water partition coefficient (Wildman–Crippen LogP) is 0.937. The largest absolute Gasteiger partial charge is 0.387 e. The minimum Gasteiger partial charge on any atom is -0.387 e. The summed E-state index contributed by atoms with van der Waals surface area (Å²) in [6.45, 7) is 3.74. The number of nitrogens with one attached hydrogen (secondary N) is 1. The Balaban J connectivity index is 1.99. The smallest absolute Gasteiger partial charge is 0.225 e. The number of amidine groups is 1. The average Bonchev–Trinajstić information content (AvgIpc) is 2.30. The van der Waals surface area contributed by atoms with Gasteiger partial charge in [0.1, 0.15) is 0 Å². The van der Waals surface area contributed by atoms with Crippen LogP contribution in [0.25, 0.3) is 0 Å². The summed E-state index contributed by atoms with van der Waals surface area (Å²) in [5, 5.41) is 7.42. The Kier molecular flexibility index (Phi) is 3.03. The van der Waals surface area contributed by atoms with Gasteiger partial charge in [-0.3, -0.25) is 5.41 Å². The second kappa shape index (κ2) is 4.47. The third kappa shape index (κ3) is 2.29. The maximum atomic E-state index is 7.42. The molecular weight excluding hydrogens is 202 g/mol. The lowest BCUT2D eigenvalue weighted by Gasteiger charge is -2.31. The van der Waals surface area contributed by atoms with Crippen LogP contribution in [-0.2, 0) is 0 Å². The minimum absolute atomic E-state index is 0.238. The van der Waals surface area contributed by atoms with Crippen molar-refractivity contribution in [3.8, 4) is 0 Å². The SMILES string of the molecule is Cc1cnc(N2CCC(C(=N)N)CC2)nc1. The van der Waals surface area contributed by atoms with Crippen LogP contribution in [0.5, 0.6) is 0 Å². The molecule has 1 saturated heterocycles. The molecule has 2 rings (SSSR count). The van der Waals surface area contributed by atoms with Crippen LogP contribution in [0.2, 0.25) is 0 Å². The summed E-state index contributed by atoms with van der Waals surface area (Å²) in [6.07, 6.45) is 5.51. The lowest BCUT2D eigenvalue weighted by Crippen LogP contribution is -2.39. The number of hydrogen-bond acceptors (Lipinski definition) is 4. The summed E-state index contributed by atoms with van der Waals surface area (Å²) < 4.78 is 0. The van der Waals surface area contributed by atoms with Gasteiger partial charge in [0.15, 0.2) is 0 Å². The molecule has 3 N–H and O–H groups in total. The molecule has 0 amide bonds. The zero-order chi connectivity index (χ0) is 11.5. The molecule has 0 bridgehead atoms. The zero-order valence-electron chi connectivity index (χ0n) is 9.48. The van der Waals surface area contributed by atoms with E-state index < -0.39 is 0 Å². The summed E-state index contributed by atoms with van der Waals surface area (Å²) >= 11 is 0. The van der Waals surface area contributed by atoms with Crippen molar-refractivity contribution < 1.29 is 0 Å². The zero-order valence-corrected chi connectivity index (χ0v) is 9.48. The van der Waals surface area contributed by atoms with E-state index in [1.54, 1.807) is 0 Å². The van der Waals surface area contributed by atoms with Crippen LogP contribution in [0.15, 0.2) is 12.4 Å². The first kappa shape index (κ1) is 10.9. The van der Waals surface area contributed by atoms with Crippen LogP contribution in [0.4, 0.5) is 5.95 Å². The standard InChI is InChI=1S/C11H17N5/c1-8-6-14-11(15-7-8)16-4-2-9(3-5-16)10(12)13/h6-7,9H,2-5H2,1H3,(H3,12,13). The molecule has 1 aromatic rings. The summed E-state index contributed by atoms with van der Waals surface area (Å²) in [4.78, 5) is 10.8.